The number of allylic oxidation sites excluding steroid dienone is 1. The molecule has 0 spiro atoms. The maximum absolute atomic E-state index is 10.7. The Labute approximate surface area is 128 Å². The van der Waals surface area contributed by atoms with Crippen LogP contribution in [0.25, 0.3) is 0 Å². The second-order valence-corrected chi connectivity index (χ2v) is 4.39. The van der Waals surface area contributed by atoms with E-state index in [1.165, 1.54) is 13.2 Å². The number of rotatable bonds is 8. The molecular weight excluding hydrogens is 286 g/mol. The van der Waals surface area contributed by atoms with Crippen LogP contribution in [0.15, 0.2) is 58.5 Å². The number of hydroxylamine groups is 1. The molecule has 0 aliphatic heterocycles. The van der Waals surface area contributed by atoms with Gasteiger partial charge >= 0.3 is 0 Å². The molecule has 0 saturated heterocycles. The Morgan fingerprint density at radius 3 is 2.64 bits per heavy atom. The largest absolute Gasteiger partial charge is 0.378 e. The lowest BCUT2D eigenvalue weighted by Gasteiger charge is -2.11. The first-order valence-corrected chi connectivity index (χ1v) is 6.49. The molecule has 1 N–H and O–H groups in total. The first-order chi connectivity index (χ1) is 10.5. The quantitative estimate of drug-likeness (QED) is 0.345. The van der Waals surface area contributed by atoms with Gasteiger partial charge in [0.25, 0.3) is 5.70 Å². The number of nitrogens with one attached hydrogen (secondary N) is 1. The number of hydrogen-bond donors (Lipinski definition) is 1. The van der Waals surface area contributed by atoms with Gasteiger partial charge in [-0.1, -0.05) is 6.08 Å². The zero-order valence-corrected chi connectivity index (χ0v) is 12.8. The molecule has 0 heterocycles. The van der Waals surface area contributed by atoms with Gasteiger partial charge in [-0.25, -0.2) is 0 Å². The van der Waals surface area contributed by atoms with Crippen LogP contribution in [0.2, 0.25) is 0 Å². The zero-order chi connectivity index (χ0) is 16.4. The first-order valence-electron chi connectivity index (χ1n) is 6.49. The minimum atomic E-state index is -0.528. The molecule has 0 aliphatic carbocycles. The fourth-order valence-electron chi connectivity index (χ4n) is 1.44. The highest BCUT2D eigenvalue weighted by Crippen LogP contribution is 2.18. The van der Waals surface area contributed by atoms with Gasteiger partial charge in [0.05, 0.1) is 24.3 Å². The maximum Gasteiger partial charge on any atom is 0.287 e. The van der Waals surface area contributed by atoms with Crippen molar-refractivity contribution >= 4 is 11.4 Å². The van der Waals surface area contributed by atoms with E-state index in [1.54, 1.807) is 6.08 Å². The highest BCUT2D eigenvalue weighted by atomic mass is 16.6. The lowest BCUT2D eigenvalue weighted by molar-refractivity contribution is -0.419. The summed E-state index contributed by atoms with van der Waals surface area (Å²) in [5.74, 6) is 0. The van der Waals surface area contributed by atoms with Crippen LogP contribution in [-0.2, 0) is 4.84 Å². The van der Waals surface area contributed by atoms with Crippen LogP contribution in [0.5, 0.6) is 0 Å². The summed E-state index contributed by atoms with van der Waals surface area (Å²) >= 11 is 0. The average Bonchev–Trinajstić information content (AvgIpc) is 2.50. The fourth-order valence-corrected chi connectivity index (χ4v) is 1.44. The third-order valence-electron chi connectivity index (χ3n) is 2.56. The van der Waals surface area contributed by atoms with E-state index in [9.17, 15) is 10.1 Å². The number of nitrogens with zero attached hydrogens (tertiary/aromatic N) is 4. The van der Waals surface area contributed by atoms with Crippen LogP contribution in [0.3, 0.4) is 0 Å². The summed E-state index contributed by atoms with van der Waals surface area (Å²) in [5.41, 5.74) is 3.97. The molecule has 1 aromatic rings. The van der Waals surface area contributed by atoms with Crippen LogP contribution < -0.4 is 10.4 Å². The number of benzene rings is 1. The van der Waals surface area contributed by atoms with Crippen molar-refractivity contribution in [3.8, 4) is 0 Å². The van der Waals surface area contributed by atoms with E-state index in [0.29, 0.717) is 0 Å². The minimum absolute atomic E-state index is 0.132. The van der Waals surface area contributed by atoms with Crippen molar-refractivity contribution in [3.63, 3.8) is 0 Å². The topological polar surface area (TPSA) is 92.4 Å². The Morgan fingerprint density at radius 2 is 2.09 bits per heavy atom. The molecule has 118 valence electrons. The van der Waals surface area contributed by atoms with E-state index < -0.39 is 4.92 Å². The predicted molar refractivity (Wildman–Crippen MR) is 84.5 cm³/mol. The molecule has 22 heavy (non-hydrogen) atoms. The van der Waals surface area contributed by atoms with Crippen molar-refractivity contribution in [1.82, 2.24) is 5.48 Å². The van der Waals surface area contributed by atoms with Gasteiger partial charge in [0.1, 0.15) is 6.20 Å². The molecule has 0 atom stereocenters. The van der Waals surface area contributed by atoms with Gasteiger partial charge in [-0.3, -0.25) is 20.4 Å². The Hall–Kier alpha value is -2.74. The van der Waals surface area contributed by atoms with Crippen LogP contribution >= 0.6 is 0 Å². The van der Waals surface area contributed by atoms with Crippen molar-refractivity contribution in [3.05, 3.63) is 58.4 Å². The van der Waals surface area contributed by atoms with Gasteiger partial charge in [0.2, 0.25) is 0 Å². The highest BCUT2D eigenvalue weighted by Gasteiger charge is 2.04. The summed E-state index contributed by atoms with van der Waals surface area (Å²) in [5, 5.41) is 18.7. The number of nitro groups is 1. The van der Waals surface area contributed by atoms with E-state index in [1.807, 2.05) is 43.3 Å². The summed E-state index contributed by atoms with van der Waals surface area (Å²) in [6.45, 7) is 0.244. The lowest BCUT2D eigenvalue weighted by atomic mass is 10.3. The van der Waals surface area contributed by atoms with Crippen LogP contribution in [-0.4, -0.2) is 32.7 Å². The lowest BCUT2D eigenvalue weighted by Crippen LogP contribution is -2.07. The van der Waals surface area contributed by atoms with E-state index in [-0.39, 0.29) is 12.2 Å². The van der Waals surface area contributed by atoms with E-state index in [0.717, 1.165) is 17.6 Å². The normalized spacial score (nSPS) is 12.0. The smallest absolute Gasteiger partial charge is 0.287 e. The number of azo groups is 1. The molecule has 8 heteroatoms. The standard InChI is InChI=1S/C14H19N5O3/c1-18(2)13-8-6-12(7-9-13)17-15-10-4-5-14(19(20)21)11-16-22-3/h4-9,11,16H,10H2,1-3H3/b5-4-,14-11+,17-15?. The van der Waals surface area contributed by atoms with E-state index in [2.05, 4.69) is 20.5 Å². The summed E-state index contributed by atoms with van der Waals surface area (Å²) in [7, 11) is 5.29. The third kappa shape index (κ3) is 6.14. The molecule has 8 nitrogen and oxygen atoms in total. The second-order valence-electron chi connectivity index (χ2n) is 4.39. The molecule has 0 aliphatic rings. The summed E-state index contributed by atoms with van der Waals surface area (Å²) < 4.78 is 0. The molecular formula is C14H19N5O3. The maximum atomic E-state index is 10.7. The van der Waals surface area contributed by atoms with Gasteiger partial charge in [-0.05, 0) is 24.3 Å². The van der Waals surface area contributed by atoms with E-state index in [4.69, 9.17) is 0 Å². The Bertz CT molecular complexity index is 564. The van der Waals surface area contributed by atoms with Gasteiger partial charge in [-0.2, -0.15) is 10.2 Å². The van der Waals surface area contributed by atoms with Crippen molar-refractivity contribution in [2.75, 3.05) is 32.6 Å². The average molecular weight is 305 g/mol. The summed E-state index contributed by atoms with van der Waals surface area (Å²) in [6, 6.07) is 7.59. The fraction of sp³-hybridized carbons (Fsp3) is 0.286. The molecule has 0 fully saturated rings. The third-order valence-corrected chi connectivity index (χ3v) is 2.56. The van der Waals surface area contributed by atoms with Crippen LogP contribution in [0, 0.1) is 10.1 Å². The molecule has 0 aromatic heterocycles. The van der Waals surface area contributed by atoms with Crippen molar-refractivity contribution in [2.24, 2.45) is 10.2 Å². The SMILES string of the molecule is CON/C=C(\C=C/CN=Nc1ccc(N(C)C)cc1)[N+](=O)[O-]. The summed E-state index contributed by atoms with van der Waals surface area (Å²) in [4.78, 5) is 16.7. The number of anilines is 1. The molecule has 1 aromatic carbocycles. The van der Waals surface area contributed by atoms with Gasteiger partial charge in [-0.15, -0.1) is 0 Å². The predicted octanol–water partition coefficient (Wildman–Crippen LogP) is 2.66. The molecule has 0 radical (unpaired) electrons. The Morgan fingerprint density at radius 1 is 1.41 bits per heavy atom. The molecule has 0 amide bonds. The van der Waals surface area contributed by atoms with Crippen molar-refractivity contribution in [1.29, 1.82) is 0 Å². The number of hydrogen-bond acceptors (Lipinski definition) is 7. The second kappa shape index (κ2) is 9.24. The van der Waals surface area contributed by atoms with Gasteiger partial charge in [0.15, 0.2) is 0 Å². The van der Waals surface area contributed by atoms with Crippen LogP contribution in [0.4, 0.5) is 11.4 Å². The monoisotopic (exact) mass is 305 g/mol. The first kappa shape index (κ1) is 17.3. The Balaban J connectivity index is 2.54. The van der Waals surface area contributed by atoms with Gasteiger partial charge < -0.3 is 4.90 Å². The molecule has 0 saturated carbocycles. The molecule has 1 rings (SSSR count). The highest BCUT2D eigenvalue weighted by molar-refractivity contribution is 5.51. The Kier molecular flexibility index (Phi) is 7.27. The van der Waals surface area contributed by atoms with Gasteiger partial charge in [0, 0.05) is 25.9 Å². The van der Waals surface area contributed by atoms with Crippen molar-refractivity contribution < 1.29 is 9.76 Å². The minimum Gasteiger partial charge on any atom is -0.378 e. The zero-order valence-electron chi connectivity index (χ0n) is 12.8. The van der Waals surface area contributed by atoms with E-state index >= 15 is 0 Å². The van der Waals surface area contributed by atoms with Crippen molar-refractivity contribution in [2.45, 2.75) is 0 Å². The summed E-state index contributed by atoms with van der Waals surface area (Å²) in [6.07, 6.45) is 4.03. The molecule has 0 bridgehead atoms. The molecule has 0 unspecified atom stereocenters. The van der Waals surface area contributed by atoms with Crippen LogP contribution in [0.1, 0.15) is 0 Å².